The quantitative estimate of drug-likeness (QED) is 0.465. The molecule has 0 amide bonds. The Morgan fingerprint density at radius 1 is 1.06 bits per heavy atom. The van der Waals surface area contributed by atoms with Crippen LogP contribution < -0.4 is 5.69 Å². The van der Waals surface area contributed by atoms with Gasteiger partial charge in [0.2, 0.25) is 5.82 Å². The highest BCUT2D eigenvalue weighted by Gasteiger charge is 2.16. The van der Waals surface area contributed by atoms with Crippen LogP contribution in [0.4, 0.5) is 0 Å². The minimum Gasteiger partial charge on any atom is -0.274 e. The van der Waals surface area contributed by atoms with Gasteiger partial charge in [0.1, 0.15) is 5.82 Å². The largest absolute Gasteiger partial charge is 0.346 e. The van der Waals surface area contributed by atoms with Crippen molar-refractivity contribution in [3.05, 3.63) is 82.6 Å². The number of tetrazole rings is 1. The fraction of sp³-hybridized carbons (Fsp3) is 0.261. The summed E-state index contributed by atoms with van der Waals surface area (Å²) in [5.41, 5.74) is 3.93. The zero-order valence-electron chi connectivity index (χ0n) is 17.9. The fourth-order valence-corrected chi connectivity index (χ4v) is 3.54. The minimum absolute atomic E-state index is 0.0895. The molecule has 0 fully saturated rings. The zero-order valence-corrected chi connectivity index (χ0v) is 17.9. The van der Waals surface area contributed by atoms with Gasteiger partial charge in [-0.25, -0.2) is 9.48 Å². The number of allylic oxidation sites excluding steroid dienone is 2. The third kappa shape index (κ3) is 4.23. The summed E-state index contributed by atoms with van der Waals surface area (Å²) in [5.74, 6) is 1.50. The van der Waals surface area contributed by atoms with E-state index in [0.717, 1.165) is 28.1 Å². The molecule has 31 heavy (non-hydrogen) atoms. The average Bonchev–Trinajstić information content (AvgIpc) is 3.42. The molecule has 4 aromatic rings. The predicted molar refractivity (Wildman–Crippen MR) is 120 cm³/mol. The predicted octanol–water partition coefficient (Wildman–Crippen LogP) is 3.64. The molecule has 0 aliphatic heterocycles. The van der Waals surface area contributed by atoms with Crippen molar-refractivity contribution in [1.82, 2.24) is 35.0 Å². The van der Waals surface area contributed by atoms with Gasteiger partial charge in [0.05, 0.1) is 13.1 Å². The molecule has 0 aliphatic carbocycles. The molecule has 0 saturated carbocycles. The highest BCUT2D eigenvalue weighted by molar-refractivity contribution is 5.80. The van der Waals surface area contributed by atoms with E-state index in [2.05, 4.69) is 51.7 Å². The molecule has 1 N–H and O–H groups in total. The van der Waals surface area contributed by atoms with Crippen LogP contribution in [0.2, 0.25) is 0 Å². The number of H-pyrrole nitrogens is 1. The Balaban J connectivity index is 1.64. The minimum atomic E-state index is -0.0895. The van der Waals surface area contributed by atoms with Crippen LogP contribution in [0.1, 0.15) is 38.1 Å². The molecule has 0 unspecified atom stereocenters. The normalized spacial score (nSPS) is 11.6. The van der Waals surface area contributed by atoms with Crippen molar-refractivity contribution in [2.75, 3.05) is 0 Å². The first-order valence-electron chi connectivity index (χ1n) is 10.3. The van der Waals surface area contributed by atoms with Crippen LogP contribution in [-0.4, -0.2) is 35.0 Å². The first-order chi connectivity index (χ1) is 15.1. The molecule has 0 saturated heterocycles. The Morgan fingerprint density at radius 2 is 1.81 bits per heavy atom. The summed E-state index contributed by atoms with van der Waals surface area (Å²) >= 11 is 0. The highest BCUT2D eigenvalue weighted by Crippen LogP contribution is 2.29. The molecule has 0 bridgehead atoms. The molecule has 8 nitrogen and oxygen atoms in total. The highest BCUT2D eigenvalue weighted by atomic mass is 16.2. The number of hydrogen-bond donors (Lipinski definition) is 1. The van der Waals surface area contributed by atoms with Crippen molar-refractivity contribution in [2.45, 2.75) is 39.8 Å². The standard InChI is InChI=1S/C23H25N7O/c1-4-5-14-30-23(31)29(22(26-30)16(2)3)15-17-10-12-18(13-11-17)19-8-6-7-9-20(19)21-24-27-28-25-21/h4-13,16H,14-15H2,1-3H3,(H,24,25,27,28). The van der Waals surface area contributed by atoms with Crippen molar-refractivity contribution in [1.29, 1.82) is 0 Å². The smallest absolute Gasteiger partial charge is 0.274 e. The second-order valence-electron chi connectivity index (χ2n) is 7.61. The van der Waals surface area contributed by atoms with Crippen molar-refractivity contribution in [3.8, 4) is 22.5 Å². The molecule has 2 aromatic heterocycles. The Morgan fingerprint density at radius 3 is 2.45 bits per heavy atom. The van der Waals surface area contributed by atoms with E-state index in [0.29, 0.717) is 18.9 Å². The average molecular weight is 416 g/mol. The second kappa shape index (κ2) is 8.91. The van der Waals surface area contributed by atoms with Crippen LogP contribution in [0.15, 0.2) is 65.5 Å². The maximum Gasteiger partial charge on any atom is 0.346 e. The number of rotatable bonds is 7. The number of aromatic nitrogens is 7. The van der Waals surface area contributed by atoms with E-state index in [1.807, 2.05) is 55.5 Å². The van der Waals surface area contributed by atoms with Crippen molar-refractivity contribution in [3.63, 3.8) is 0 Å². The monoisotopic (exact) mass is 415 g/mol. The van der Waals surface area contributed by atoms with Gasteiger partial charge in [0.15, 0.2) is 0 Å². The number of nitrogens with one attached hydrogen (secondary N) is 1. The van der Waals surface area contributed by atoms with E-state index in [9.17, 15) is 4.79 Å². The molecule has 8 heteroatoms. The molecule has 158 valence electrons. The van der Waals surface area contributed by atoms with Crippen LogP contribution >= 0.6 is 0 Å². The number of benzene rings is 2. The first kappa shape index (κ1) is 20.5. The molecular formula is C23H25N7O. The first-order valence-corrected chi connectivity index (χ1v) is 10.3. The molecule has 2 heterocycles. The van der Waals surface area contributed by atoms with E-state index in [1.54, 1.807) is 4.57 Å². The molecule has 0 aliphatic rings. The van der Waals surface area contributed by atoms with Crippen LogP contribution in [0.25, 0.3) is 22.5 Å². The summed E-state index contributed by atoms with van der Waals surface area (Å²) in [7, 11) is 0. The van der Waals surface area contributed by atoms with Gasteiger partial charge < -0.3 is 0 Å². The summed E-state index contributed by atoms with van der Waals surface area (Å²) in [6, 6.07) is 16.1. The van der Waals surface area contributed by atoms with Gasteiger partial charge in [-0.3, -0.25) is 4.57 Å². The van der Waals surface area contributed by atoms with Gasteiger partial charge in [-0.05, 0) is 28.8 Å². The molecule has 4 rings (SSSR count). The topological polar surface area (TPSA) is 94.3 Å². The van der Waals surface area contributed by atoms with Crippen LogP contribution in [0, 0.1) is 0 Å². The Labute approximate surface area is 180 Å². The van der Waals surface area contributed by atoms with Gasteiger partial charge in [0, 0.05) is 11.5 Å². The second-order valence-corrected chi connectivity index (χ2v) is 7.61. The van der Waals surface area contributed by atoms with E-state index in [1.165, 1.54) is 4.68 Å². The lowest BCUT2D eigenvalue weighted by atomic mass is 9.98. The van der Waals surface area contributed by atoms with Crippen LogP contribution in [0.3, 0.4) is 0 Å². The van der Waals surface area contributed by atoms with Crippen molar-refractivity contribution in [2.24, 2.45) is 0 Å². The third-order valence-corrected chi connectivity index (χ3v) is 5.10. The van der Waals surface area contributed by atoms with Gasteiger partial charge in [-0.2, -0.15) is 10.3 Å². The maximum absolute atomic E-state index is 12.9. The maximum atomic E-state index is 12.9. The summed E-state index contributed by atoms with van der Waals surface area (Å²) in [4.78, 5) is 12.9. The van der Waals surface area contributed by atoms with E-state index in [-0.39, 0.29) is 11.6 Å². The van der Waals surface area contributed by atoms with Crippen molar-refractivity contribution >= 4 is 0 Å². The Bertz CT molecular complexity index is 1230. The van der Waals surface area contributed by atoms with Gasteiger partial charge in [-0.15, -0.1) is 10.2 Å². The number of aromatic amines is 1. The van der Waals surface area contributed by atoms with Gasteiger partial charge in [-0.1, -0.05) is 74.5 Å². The summed E-state index contributed by atoms with van der Waals surface area (Å²) in [6.07, 6.45) is 3.85. The number of hydrogen-bond acceptors (Lipinski definition) is 5. The Hall–Kier alpha value is -3.81. The molecule has 0 spiro atoms. The molecule has 0 atom stereocenters. The van der Waals surface area contributed by atoms with E-state index in [4.69, 9.17) is 0 Å². The number of nitrogens with zero attached hydrogens (tertiary/aromatic N) is 6. The van der Waals surface area contributed by atoms with Crippen LogP contribution in [0.5, 0.6) is 0 Å². The summed E-state index contributed by atoms with van der Waals surface area (Å²) in [6.45, 7) is 7.00. The van der Waals surface area contributed by atoms with E-state index < -0.39 is 0 Å². The lowest BCUT2D eigenvalue weighted by Crippen LogP contribution is -2.25. The van der Waals surface area contributed by atoms with E-state index >= 15 is 0 Å². The SMILES string of the molecule is CC=CCn1nc(C(C)C)n(Cc2ccc(-c3ccccc3-c3nn[nH]n3)cc2)c1=O. The molecule has 0 radical (unpaired) electrons. The molecular weight excluding hydrogens is 390 g/mol. The lowest BCUT2D eigenvalue weighted by molar-refractivity contribution is 0.647. The lowest BCUT2D eigenvalue weighted by Gasteiger charge is -2.10. The summed E-state index contributed by atoms with van der Waals surface area (Å²) < 4.78 is 3.28. The van der Waals surface area contributed by atoms with Crippen molar-refractivity contribution < 1.29 is 0 Å². The van der Waals surface area contributed by atoms with Gasteiger partial charge in [0.25, 0.3) is 0 Å². The van der Waals surface area contributed by atoms with Gasteiger partial charge >= 0.3 is 5.69 Å². The Kier molecular flexibility index (Phi) is 5.88. The third-order valence-electron chi connectivity index (χ3n) is 5.10. The fourth-order valence-electron chi connectivity index (χ4n) is 3.54. The van der Waals surface area contributed by atoms with Crippen LogP contribution in [-0.2, 0) is 13.1 Å². The summed E-state index contributed by atoms with van der Waals surface area (Å²) in [5, 5.41) is 18.9. The molecule has 2 aromatic carbocycles. The zero-order chi connectivity index (χ0) is 21.8.